The van der Waals surface area contributed by atoms with E-state index in [9.17, 15) is 4.79 Å². The highest BCUT2D eigenvalue weighted by atomic mass is 16.1. The van der Waals surface area contributed by atoms with Gasteiger partial charge in [0, 0.05) is 13.4 Å². The van der Waals surface area contributed by atoms with Gasteiger partial charge in [-0.15, -0.1) is 0 Å². The largest absolute Gasteiger partial charge is 0.294 e. The van der Waals surface area contributed by atoms with Gasteiger partial charge in [0.15, 0.2) is 5.78 Å². The van der Waals surface area contributed by atoms with Crippen molar-refractivity contribution in [2.24, 2.45) is 0 Å². The van der Waals surface area contributed by atoms with Gasteiger partial charge < -0.3 is 0 Å². The third-order valence-corrected chi connectivity index (χ3v) is 1.75. The SMILES string of the molecule is [2H]CCCCC(=O)c1ccccc1. The first kappa shape index (κ1) is 7.53. The van der Waals surface area contributed by atoms with E-state index in [1.165, 1.54) is 0 Å². The highest BCUT2D eigenvalue weighted by Gasteiger charge is 2.02. The van der Waals surface area contributed by atoms with E-state index >= 15 is 0 Å². The summed E-state index contributed by atoms with van der Waals surface area (Å²) in [4.78, 5) is 11.5. The Kier molecular flexibility index (Phi) is 2.95. The topological polar surface area (TPSA) is 17.1 Å². The first-order valence-electron chi connectivity index (χ1n) is 4.93. The maximum absolute atomic E-state index is 11.5. The third kappa shape index (κ3) is 2.50. The average molecular weight is 163 g/mol. The van der Waals surface area contributed by atoms with Crippen LogP contribution in [0.1, 0.15) is 37.9 Å². The molecule has 0 atom stereocenters. The lowest BCUT2D eigenvalue weighted by Crippen LogP contribution is -1.97. The molecule has 12 heavy (non-hydrogen) atoms. The molecule has 0 radical (unpaired) electrons. The lowest BCUT2D eigenvalue weighted by Gasteiger charge is -1.97. The van der Waals surface area contributed by atoms with Gasteiger partial charge in [0.25, 0.3) is 0 Å². The molecule has 1 rings (SSSR count). The molecule has 0 aromatic heterocycles. The molecule has 0 fully saturated rings. The molecule has 0 aliphatic rings. The van der Waals surface area contributed by atoms with Crippen molar-refractivity contribution < 1.29 is 6.17 Å². The Morgan fingerprint density at radius 1 is 1.42 bits per heavy atom. The Morgan fingerprint density at radius 2 is 2.17 bits per heavy atom. The minimum absolute atomic E-state index is 0.189. The molecule has 0 aliphatic heterocycles. The standard InChI is InChI=1S/C11H14O/c1-2-3-9-11(12)10-7-5-4-6-8-10/h4-8H,2-3,9H2,1H3/i1D. The fraction of sp³-hybridized carbons (Fsp3) is 0.364. The number of hydrogen-bond donors (Lipinski definition) is 0. The molecule has 1 aromatic rings. The van der Waals surface area contributed by atoms with Gasteiger partial charge in [0.1, 0.15) is 0 Å². The van der Waals surface area contributed by atoms with Crippen LogP contribution in [0.3, 0.4) is 0 Å². The number of rotatable bonds is 4. The molecule has 1 nitrogen and oxygen atoms in total. The van der Waals surface area contributed by atoms with Crippen LogP contribution in [-0.4, -0.2) is 5.78 Å². The van der Waals surface area contributed by atoms with Crippen molar-refractivity contribution in [3.05, 3.63) is 35.9 Å². The maximum atomic E-state index is 11.5. The molecule has 0 spiro atoms. The van der Waals surface area contributed by atoms with Gasteiger partial charge in [0.2, 0.25) is 0 Å². The van der Waals surface area contributed by atoms with Crippen molar-refractivity contribution in [2.75, 3.05) is 0 Å². The van der Waals surface area contributed by atoms with Gasteiger partial charge in [-0.2, -0.15) is 0 Å². The summed E-state index contributed by atoms with van der Waals surface area (Å²) in [6, 6.07) is 9.32. The van der Waals surface area contributed by atoms with E-state index in [1.807, 2.05) is 30.3 Å². The van der Waals surface area contributed by atoms with Gasteiger partial charge in [-0.25, -0.2) is 0 Å². The van der Waals surface area contributed by atoms with Crippen LogP contribution >= 0.6 is 0 Å². The number of ketones is 1. The molecular formula is C11H14O. The third-order valence-electron chi connectivity index (χ3n) is 1.75. The van der Waals surface area contributed by atoms with Crippen LogP contribution in [0.15, 0.2) is 30.3 Å². The van der Waals surface area contributed by atoms with E-state index in [-0.39, 0.29) is 5.78 Å². The highest BCUT2D eigenvalue weighted by Crippen LogP contribution is 2.05. The molecule has 0 heterocycles. The lowest BCUT2D eigenvalue weighted by atomic mass is 10.1. The van der Waals surface area contributed by atoms with Crippen LogP contribution in [0.5, 0.6) is 0 Å². The summed E-state index contributed by atoms with van der Waals surface area (Å²) in [5.74, 6) is 0.189. The molecular weight excluding hydrogens is 148 g/mol. The molecule has 0 bridgehead atoms. The van der Waals surface area contributed by atoms with Crippen molar-refractivity contribution in [1.82, 2.24) is 0 Å². The molecule has 64 valence electrons. The second-order valence-electron chi connectivity index (χ2n) is 2.75. The molecule has 0 saturated heterocycles. The Labute approximate surface area is 74.8 Å². The summed E-state index contributed by atoms with van der Waals surface area (Å²) in [6.45, 7) is 0.419. The van der Waals surface area contributed by atoms with Crippen LogP contribution in [0.2, 0.25) is 0 Å². The van der Waals surface area contributed by atoms with Crippen LogP contribution in [0.4, 0.5) is 0 Å². The molecule has 0 aliphatic carbocycles. The Bertz CT molecular complexity index is 256. The highest BCUT2D eigenvalue weighted by molar-refractivity contribution is 5.95. The van der Waals surface area contributed by atoms with E-state index in [1.54, 1.807) is 0 Å². The van der Waals surface area contributed by atoms with Gasteiger partial charge in [-0.05, 0) is 6.42 Å². The molecule has 1 aromatic carbocycles. The number of carbonyl (C=O) groups is 1. The van der Waals surface area contributed by atoms with E-state index in [0.717, 1.165) is 18.4 Å². The predicted octanol–water partition coefficient (Wildman–Crippen LogP) is 3.06. The summed E-state index contributed by atoms with van der Waals surface area (Å²) in [7, 11) is 0. The summed E-state index contributed by atoms with van der Waals surface area (Å²) in [5, 5.41) is 0. The Morgan fingerprint density at radius 3 is 2.83 bits per heavy atom. The van der Waals surface area contributed by atoms with Crippen LogP contribution in [-0.2, 0) is 0 Å². The summed E-state index contributed by atoms with van der Waals surface area (Å²) in [6.07, 6.45) is 2.22. The minimum Gasteiger partial charge on any atom is -0.294 e. The summed E-state index contributed by atoms with van der Waals surface area (Å²) >= 11 is 0. The monoisotopic (exact) mass is 163 g/mol. The van der Waals surface area contributed by atoms with E-state index in [4.69, 9.17) is 1.37 Å². The first-order chi connectivity index (χ1) is 6.34. The molecule has 1 heteroatoms. The lowest BCUT2D eigenvalue weighted by molar-refractivity contribution is 0.0980. The van der Waals surface area contributed by atoms with Crippen molar-refractivity contribution in [2.45, 2.75) is 26.2 Å². The number of carbonyl (C=O) groups excluding carboxylic acids is 1. The maximum Gasteiger partial charge on any atom is 0.162 e. The number of benzene rings is 1. The van der Waals surface area contributed by atoms with Crippen molar-refractivity contribution in [3.8, 4) is 0 Å². The number of unbranched alkanes of at least 4 members (excludes halogenated alkanes) is 1. The van der Waals surface area contributed by atoms with Gasteiger partial charge in [-0.1, -0.05) is 43.7 Å². The van der Waals surface area contributed by atoms with E-state index in [2.05, 4.69) is 0 Å². The zero-order valence-corrected chi connectivity index (χ0v) is 7.12. The second kappa shape index (κ2) is 4.70. The van der Waals surface area contributed by atoms with E-state index in [0.29, 0.717) is 13.3 Å². The molecule has 0 unspecified atom stereocenters. The second-order valence-corrected chi connectivity index (χ2v) is 2.75. The summed E-state index contributed by atoms with van der Waals surface area (Å²) in [5.41, 5.74) is 0.785. The van der Waals surface area contributed by atoms with Crippen molar-refractivity contribution in [3.63, 3.8) is 0 Å². The smallest absolute Gasteiger partial charge is 0.162 e. The minimum atomic E-state index is 0.189. The quantitative estimate of drug-likeness (QED) is 0.492. The number of hydrogen-bond acceptors (Lipinski definition) is 1. The van der Waals surface area contributed by atoms with Gasteiger partial charge in [-0.3, -0.25) is 4.79 Å². The number of Topliss-reactive ketones (excluding diaryl/α,β-unsaturated/α-hetero) is 1. The van der Waals surface area contributed by atoms with Crippen LogP contribution < -0.4 is 0 Å². The first-order valence-corrected chi connectivity index (χ1v) is 4.22. The summed E-state index contributed by atoms with van der Waals surface area (Å²) < 4.78 is 6.94. The fourth-order valence-corrected chi connectivity index (χ4v) is 1.05. The Hall–Kier alpha value is -1.11. The van der Waals surface area contributed by atoms with E-state index < -0.39 is 0 Å². The van der Waals surface area contributed by atoms with Crippen molar-refractivity contribution in [1.29, 1.82) is 0 Å². The van der Waals surface area contributed by atoms with Crippen molar-refractivity contribution >= 4 is 5.78 Å². The van der Waals surface area contributed by atoms with Crippen LogP contribution in [0.25, 0.3) is 0 Å². The van der Waals surface area contributed by atoms with Gasteiger partial charge >= 0.3 is 0 Å². The zero-order valence-electron chi connectivity index (χ0n) is 8.12. The molecule has 0 N–H and O–H groups in total. The predicted molar refractivity (Wildman–Crippen MR) is 50.3 cm³/mol. The average Bonchev–Trinajstić information content (AvgIpc) is 2.19. The van der Waals surface area contributed by atoms with Gasteiger partial charge in [0.05, 0.1) is 0 Å². The fourth-order valence-electron chi connectivity index (χ4n) is 1.05. The molecule has 0 saturated carbocycles. The molecule has 0 amide bonds. The van der Waals surface area contributed by atoms with Crippen LogP contribution in [0, 0.1) is 0 Å². The normalized spacial score (nSPS) is 10.8. The Balaban J connectivity index is 2.40. The zero-order chi connectivity index (χ0) is 9.52.